The van der Waals surface area contributed by atoms with Gasteiger partial charge in [0.2, 0.25) is 0 Å². The van der Waals surface area contributed by atoms with E-state index < -0.39 is 5.91 Å². The van der Waals surface area contributed by atoms with E-state index in [2.05, 4.69) is 50.5 Å². The van der Waals surface area contributed by atoms with Crippen LogP contribution in [0.4, 0.5) is 5.69 Å². The lowest BCUT2D eigenvalue weighted by molar-refractivity contribution is -0.120. The van der Waals surface area contributed by atoms with Gasteiger partial charge in [-0.1, -0.05) is 24.3 Å². The van der Waals surface area contributed by atoms with Gasteiger partial charge >= 0.3 is 0 Å². The molecule has 2 N–H and O–H groups in total. The Labute approximate surface area is 167 Å². The molecule has 0 bridgehead atoms. The Kier molecular flexibility index (Phi) is 8.00. The van der Waals surface area contributed by atoms with Gasteiger partial charge in [-0.05, 0) is 59.6 Å². The average molecular weight is 431 g/mol. The fourth-order valence-electron chi connectivity index (χ4n) is 2.48. The van der Waals surface area contributed by atoms with Crippen LogP contribution in [0, 0.1) is 0 Å². The summed E-state index contributed by atoms with van der Waals surface area (Å²) >= 11 is 3.31. The van der Waals surface area contributed by atoms with Crippen LogP contribution >= 0.6 is 15.9 Å². The number of hydrogen-bond acceptors (Lipinski definition) is 4. The summed E-state index contributed by atoms with van der Waals surface area (Å²) < 4.78 is 0.675. The fraction of sp³-hybridized carbons (Fsp3) is 0.250. The second-order valence-electron chi connectivity index (χ2n) is 5.72. The van der Waals surface area contributed by atoms with E-state index in [4.69, 9.17) is 0 Å². The smallest absolute Gasteiger partial charge is 0.259 e. The summed E-state index contributed by atoms with van der Waals surface area (Å²) in [5, 5.41) is 6.49. The Morgan fingerprint density at radius 1 is 1.07 bits per heavy atom. The van der Waals surface area contributed by atoms with Gasteiger partial charge in [0, 0.05) is 23.2 Å². The SMILES string of the molecule is CCN(CC)c1ccc(/C=N\NC(=O)CNC(=O)c2ccccc2Br)cc1. The second-order valence-corrected chi connectivity index (χ2v) is 6.57. The van der Waals surface area contributed by atoms with E-state index >= 15 is 0 Å². The summed E-state index contributed by atoms with van der Waals surface area (Å²) in [7, 11) is 0. The van der Waals surface area contributed by atoms with Crippen molar-refractivity contribution in [1.82, 2.24) is 10.7 Å². The number of hydrazone groups is 1. The van der Waals surface area contributed by atoms with E-state index in [1.165, 1.54) is 0 Å². The van der Waals surface area contributed by atoms with Crippen LogP contribution in [0.5, 0.6) is 0 Å². The molecule has 0 aliphatic carbocycles. The first kappa shape index (κ1) is 20.6. The molecule has 0 radical (unpaired) electrons. The molecule has 0 spiro atoms. The highest BCUT2D eigenvalue weighted by atomic mass is 79.9. The van der Waals surface area contributed by atoms with E-state index in [0.717, 1.165) is 24.3 Å². The molecular weight excluding hydrogens is 408 g/mol. The van der Waals surface area contributed by atoms with Gasteiger partial charge < -0.3 is 10.2 Å². The molecule has 27 heavy (non-hydrogen) atoms. The van der Waals surface area contributed by atoms with Crippen molar-refractivity contribution in [3.63, 3.8) is 0 Å². The predicted octanol–water partition coefficient (Wildman–Crippen LogP) is 3.18. The number of nitrogens with zero attached hydrogens (tertiary/aromatic N) is 2. The van der Waals surface area contributed by atoms with Crippen molar-refractivity contribution in [2.75, 3.05) is 24.5 Å². The van der Waals surface area contributed by atoms with Gasteiger partial charge in [-0.2, -0.15) is 5.10 Å². The molecule has 0 unspecified atom stereocenters. The molecule has 0 aliphatic rings. The summed E-state index contributed by atoms with van der Waals surface area (Å²) in [5.74, 6) is -0.722. The van der Waals surface area contributed by atoms with Crippen LogP contribution in [-0.4, -0.2) is 37.7 Å². The molecule has 0 aliphatic heterocycles. The average Bonchev–Trinajstić information content (AvgIpc) is 2.68. The van der Waals surface area contributed by atoms with Crippen LogP contribution in [0.15, 0.2) is 58.1 Å². The van der Waals surface area contributed by atoms with Crippen LogP contribution in [-0.2, 0) is 4.79 Å². The number of amides is 2. The van der Waals surface area contributed by atoms with Gasteiger partial charge in [-0.3, -0.25) is 9.59 Å². The first-order valence-corrected chi connectivity index (χ1v) is 9.54. The number of carbonyl (C=O) groups is 2. The van der Waals surface area contributed by atoms with Crippen molar-refractivity contribution < 1.29 is 9.59 Å². The van der Waals surface area contributed by atoms with Gasteiger partial charge in [-0.25, -0.2) is 5.43 Å². The lowest BCUT2D eigenvalue weighted by Crippen LogP contribution is -2.35. The highest BCUT2D eigenvalue weighted by Crippen LogP contribution is 2.15. The maximum absolute atomic E-state index is 12.0. The van der Waals surface area contributed by atoms with Crippen molar-refractivity contribution in [2.24, 2.45) is 5.10 Å². The molecule has 0 fully saturated rings. The van der Waals surface area contributed by atoms with Crippen molar-refractivity contribution in [3.8, 4) is 0 Å². The molecule has 7 heteroatoms. The first-order valence-electron chi connectivity index (χ1n) is 8.74. The minimum atomic E-state index is -0.397. The Morgan fingerprint density at radius 2 is 1.74 bits per heavy atom. The second kappa shape index (κ2) is 10.5. The van der Waals surface area contributed by atoms with E-state index in [-0.39, 0.29) is 12.5 Å². The van der Waals surface area contributed by atoms with E-state index in [1.807, 2.05) is 30.3 Å². The predicted molar refractivity (Wildman–Crippen MR) is 112 cm³/mol. The molecule has 2 rings (SSSR count). The van der Waals surface area contributed by atoms with Crippen LogP contribution < -0.4 is 15.6 Å². The van der Waals surface area contributed by atoms with Crippen LogP contribution in [0.3, 0.4) is 0 Å². The molecule has 0 heterocycles. The summed E-state index contributed by atoms with van der Waals surface area (Å²) in [6.45, 7) is 5.97. The van der Waals surface area contributed by atoms with E-state index in [1.54, 1.807) is 24.4 Å². The zero-order chi connectivity index (χ0) is 19.6. The topological polar surface area (TPSA) is 73.8 Å². The zero-order valence-electron chi connectivity index (χ0n) is 15.4. The highest BCUT2D eigenvalue weighted by Gasteiger charge is 2.10. The number of hydrogen-bond donors (Lipinski definition) is 2. The van der Waals surface area contributed by atoms with Crippen LogP contribution in [0.25, 0.3) is 0 Å². The number of carbonyl (C=O) groups excluding carboxylic acids is 2. The minimum absolute atomic E-state index is 0.154. The van der Waals surface area contributed by atoms with Crippen molar-refractivity contribution in [1.29, 1.82) is 0 Å². The summed E-state index contributed by atoms with van der Waals surface area (Å²) in [5.41, 5.74) is 4.91. The first-order chi connectivity index (χ1) is 13.0. The molecule has 142 valence electrons. The molecule has 0 saturated heterocycles. The van der Waals surface area contributed by atoms with Gasteiger partial charge in [-0.15, -0.1) is 0 Å². The highest BCUT2D eigenvalue weighted by molar-refractivity contribution is 9.10. The Hall–Kier alpha value is -2.67. The fourth-order valence-corrected chi connectivity index (χ4v) is 2.94. The molecule has 2 aromatic carbocycles. The standard InChI is InChI=1S/C20H23BrN4O2/c1-3-25(4-2)16-11-9-15(10-12-16)13-23-24-19(26)14-22-20(27)17-7-5-6-8-18(17)21/h5-13H,3-4,14H2,1-2H3,(H,22,27)(H,24,26)/b23-13-. The molecular formula is C20H23BrN4O2. The number of rotatable bonds is 8. The van der Waals surface area contributed by atoms with Gasteiger partial charge in [0.05, 0.1) is 18.3 Å². The lowest BCUT2D eigenvalue weighted by atomic mass is 10.2. The van der Waals surface area contributed by atoms with Gasteiger partial charge in [0.25, 0.3) is 11.8 Å². The lowest BCUT2D eigenvalue weighted by Gasteiger charge is -2.20. The van der Waals surface area contributed by atoms with Gasteiger partial charge in [0.15, 0.2) is 0 Å². The maximum Gasteiger partial charge on any atom is 0.259 e. The summed E-state index contributed by atoms with van der Waals surface area (Å²) in [4.78, 5) is 26.1. The zero-order valence-corrected chi connectivity index (χ0v) is 17.0. The number of nitrogens with one attached hydrogen (secondary N) is 2. The van der Waals surface area contributed by atoms with Crippen molar-refractivity contribution in [3.05, 3.63) is 64.1 Å². The Balaban J connectivity index is 1.81. The van der Waals surface area contributed by atoms with Crippen molar-refractivity contribution >= 4 is 39.6 Å². The Morgan fingerprint density at radius 3 is 2.37 bits per heavy atom. The monoisotopic (exact) mass is 430 g/mol. The molecule has 6 nitrogen and oxygen atoms in total. The third-order valence-electron chi connectivity index (χ3n) is 3.95. The summed E-state index contributed by atoms with van der Waals surface area (Å²) in [6, 6.07) is 15.0. The van der Waals surface area contributed by atoms with Crippen LogP contribution in [0.1, 0.15) is 29.8 Å². The van der Waals surface area contributed by atoms with Crippen LogP contribution in [0.2, 0.25) is 0 Å². The number of halogens is 1. The third-order valence-corrected chi connectivity index (χ3v) is 4.64. The van der Waals surface area contributed by atoms with Gasteiger partial charge in [0.1, 0.15) is 0 Å². The number of anilines is 1. The molecule has 0 saturated carbocycles. The van der Waals surface area contributed by atoms with Crippen molar-refractivity contribution in [2.45, 2.75) is 13.8 Å². The largest absolute Gasteiger partial charge is 0.372 e. The molecule has 0 atom stereocenters. The van der Waals surface area contributed by atoms with E-state index in [0.29, 0.717) is 10.0 Å². The maximum atomic E-state index is 12.0. The molecule has 2 aromatic rings. The third kappa shape index (κ3) is 6.21. The molecule has 2 amide bonds. The number of benzene rings is 2. The normalized spacial score (nSPS) is 10.6. The Bertz CT molecular complexity index is 802. The van der Waals surface area contributed by atoms with E-state index in [9.17, 15) is 9.59 Å². The quantitative estimate of drug-likeness (QED) is 0.498. The molecule has 0 aromatic heterocycles. The summed E-state index contributed by atoms with van der Waals surface area (Å²) in [6.07, 6.45) is 1.57. The minimum Gasteiger partial charge on any atom is -0.372 e.